The molecule has 2 aromatic carbocycles. The molecular weight excluding hydrogens is 639 g/mol. The van der Waals surface area contributed by atoms with Crippen molar-refractivity contribution in [3.05, 3.63) is 80.1 Å². The molecule has 4 N–H and O–H groups in total. The highest BCUT2D eigenvalue weighted by molar-refractivity contribution is 7.90. The number of aromatic nitrogens is 1. The number of hydrogen-bond acceptors (Lipinski definition) is 6. The number of amides is 3. The molecule has 0 spiro atoms. The third-order valence-electron chi connectivity index (χ3n) is 8.60. The molecule has 2 aliphatic heterocycles. The highest BCUT2D eigenvalue weighted by Crippen LogP contribution is 2.37. The fraction of sp³-hybridized carbons (Fsp3) is 0.344. The third-order valence-corrected chi connectivity index (χ3v) is 11.0. The number of halogens is 2. The van der Waals surface area contributed by atoms with Crippen LogP contribution in [0.15, 0.2) is 41.3 Å². The first kappa shape index (κ1) is 31.3. The van der Waals surface area contributed by atoms with Gasteiger partial charge in [0.2, 0.25) is 11.8 Å². The van der Waals surface area contributed by atoms with Crippen LogP contribution in [0.25, 0.3) is 11.6 Å². The summed E-state index contributed by atoms with van der Waals surface area (Å²) in [6.07, 6.45) is 2.92. The minimum Gasteiger partial charge on any atom is -0.391 e. The second-order valence-electron chi connectivity index (χ2n) is 11.9. The van der Waals surface area contributed by atoms with Gasteiger partial charge in [-0.15, -0.1) is 0 Å². The van der Waals surface area contributed by atoms with E-state index in [-0.39, 0.29) is 57.8 Å². The fourth-order valence-electron chi connectivity index (χ4n) is 5.93. The number of nitrogens with zero attached hydrogens (tertiary/aromatic N) is 1. The van der Waals surface area contributed by atoms with Gasteiger partial charge in [0.05, 0.1) is 28.7 Å². The molecule has 45 heavy (non-hydrogen) atoms. The Labute approximate surface area is 270 Å². The lowest BCUT2D eigenvalue weighted by Crippen LogP contribution is -2.47. The quantitative estimate of drug-likeness (QED) is 0.264. The summed E-state index contributed by atoms with van der Waals surface area (Å²) in [6, 6.07) is 8.66. The summed E-state index contributed by atoms with van der Waals surface area (Å²) in [6.45, 7) is 3.74. The van der Waals surface area contributed by atoms with Crippen LogP contribution in [0.4, 0.5) is 5.69 Å². The van der Waals surface area contributed by atoms with Crippen molar-refractivity contribution >= 4 is 68.1 Å². The summed E-state index contributed by atoms with van der Waals surface area (Å²) >= 11 is 12.5. The fourth-order valence-corrected chi connectivity index (χ4v) is 8.05. The Morgan fingerprint density at radius 3 is 2.51 bits per heavy atom. The molecule has 6 rings (SSSR count). The van der Waals surface area contributed by atoms with E-state index in [0.29, 0.717) is 22.5 Å². The van der Waals surface area contributed by atoms with Crippen LogP contribution in [0.5, 0.6) is 0 Å². The Morgan fingerprint density at radius 1 is 1.11 bits per heavy atom. The number of anilines is 1. The van der Waals surface area contributed by atoms with Crippen molar-refractivity contribution in [2.45, 2.75) is 68.4 Å². The van der Waals surface area contributed by atoms with Gasteiger partial charge in [-0.3, -0.25) is 14.4 Å². The van der Waals surface area contributed by atoms with Crippen LogP contribution >= 0.6 is 23.2 Å². The predicted molar refractivity (Wildman–Crippen MR) is 172 cm³/mol. The number of carbonyl (C=O) groups excluding carboxylic acids is 3. The van der Waals surface area contributed by atoms with Crippen LogP contribution in [0.1, 0.15) is 52.9 Å². The van der Waals surface area contributed by atoms with Crippen molar-refractivity contribution in [2.24, 2.45) is 0 Å². The number of aliphatic hydroxyl groups excluding tert-OH is 1. The minimum atomic E-state index is -3.88. The molecule has 13 heteroatoms. The van der Waals surface area contributed by atoms with Gasteiger partial charge in [-0.25, -0.2) is 8.42 Å². The van der Waals surface area contributed by atoms with Crippen molar-refractivity contribution in [1.82, 2.24) is 15.2 Å². The minimum absolute atomic E-state index is 0.00699. The Morgan fingerprint density at radius 2 is 1.82 bits per heavy atom. The maximum absolute atomic E-state index is 13.4. The SMILES string of the molecule is Cc1[nH]c(C=C2C(=O)Nc3ccc(S(=O)(=O)Cc4c(Cl)cccc4Cl)cc32)c(C)c1CC(=O)N1C[C@H](O)C[C@H]1C(=O)NC1CC1. The Kier molecular flexibility index (Phi) is 8.32. The molecule has 1 saturated carbocycles. The first-order chi connectivity index (χ1) is 21.3. The summed E-state index contributed by atoms with van der Waals surface area (Å²) in [5.41, 5.74) is 4.23. The lowest BCUT2D eigenvalue weighted by atomic mass is 10.0. The zero-order valence-corrected chi connectivity index (χ0v) is 26.9. The lowest BCUT2D eigenvalue weighted by molar-refractivity contribution is -0.138. The van der Waals surface area contributed by atoms with Crippen LogP contribution in [-0.4, -0.2) is 65.9 Å². The number of H-pyrrole nitrogens is 1. The van der Waals surface area contributed by atoms with Crippen LogP contribution in [0.2, 0.25) is 10.0 Å². The molecule has 3 aliphatic rings. The molecule has 0 unspecified atom stereocenters. The van der Waals surface area contributed by atoms with Crippen LogP contribution in [-0.2, 0) is 36.4 Å². The van der Waals surface area contributed by atoms with Gasteiger partial charge in [-0.1, -0.05) is 29.3 Å². The largest absolute Gasteiger partial charge is 0.391 e. The van der Waals surface area contributed by atoms with E-state index < -0.39 is 33.6 Å². The summed E-state index contributed by atoms with van der Waals surface area (Å²) in [7, 11) is -3.88. The summed E-state index contributed by atoms with van der Waals surface area (Å²) in [5.74, 6) is -1.32. The first-order valence-electron chi connectivity index (χ1n) is 14.6. The monoisotopic (exact) mass is 670 g/mol. The normalized spacial score (nSPS) is 20.4. The van der Waals surface area contributed by atoms with Gasteiger partial charge in [-0.2, -0.15) is 0 Å². The highest BCUT2D eigenvalue weighted by Gasteiger charge is 2.40. The van der Waals surface area contributed by atoms with Gasteiger partial charge >= 0.3 is 0 Å². The van der Waals surface area contributed by atoms with Gasteiger partial charge in [0.15, 0.2) is 9.84 Å². The summed E-state index contributed by atoms with van der Waals surface area (Å²) in [5, 5.41) is 16.5. The zero-order chi connectivity index (χ0) is 32.2. The summed E-state index contributed by atoms with van der Waals surface area (Å²) in [4.78, 5) is 43.9. The van der Waals surface area contributed by atoms with Gasteiger partial charge in [0, 0.05) is 57.3 Å². The van der Waals surface area contributed by atoms with E-state index in [0.717, 1.165) is 29.7 Å². The van der Waals surface area contributed by atoms with Crippen LogP contribution in [0.3, 0.4) is 0 Å². The van der Waals surface area contributed by atoms with Crippen LogP contribution < -0.4 is 10.6 Å². The molecule has 2 fully saturated rings. The van der Waals surface area contributed by atoms with E-state index in [1.165, 1.54) is 17.0 Å². The molecule has 3 amide bonds. The lowest BCUT2D eigenvalue weighted by Gasteiger charge is -2.24. The number of nitrogens with one attached hydrogen (secondary N) is 3. The molecule has 0 bridgehead atoms. The number of fused-ring (bicyclic) bond motifs is 1. The molecule has 1 aromatic heterocycles. The molecule has 1 aliphatic carbocycles. The maximum Gasteiger partial charge on any atom is 0.256 e. The van der Waals surface area contributed by atoms with Crippen molar-refractivity contribution in [3.8, 4) is 0 Å². The number of likely N-dealkylation sites (tertiary alicyclic amines) is 1. The van der Waals surface area contributed by atoms with E-state index in [2.05, 4.69) is 15.6 Å². The average molecular weight is 672 g/mol. The van der Waals surface area contributed by atoms with E-state index in [1.807, 2.05) is 13.8 Å². The number of carbonyl (C=O) groups is 3. The number of benzene rings is 2. The number of hydrogen-bond donors (Lipinski definition) is 4. The number of rotatable bonds is 8. The molecule has 0 radical (unpaired) electrons. The van der Waals surface area contributed by atoms with Crippen molar-refractivity contribution in [3.63, 3.8) is 0 Å². The van der Waals surface area contributed by atoms with Crippen LogP contribution in [0, 0.1) is 13.8 Å². The summed E-state index contributed by atoms with van der Waals surface area (Å²) < 4.78 is 26.8. The van der Waals surface area contributed by atoms with Gasteiger partial charge < -0.3 is 25.6 Å². The van der Waals surface area contributed by atoms with Gasteiger partial charge in [0.25, 0.3) is 5.91 Å². The molecule has 1 saturated heterocycles. The van der Waals surface area contributed by atoms with E-state index in [1.54, 1.807) is 30.3 Å². The van der Waals surface area contributed by atoms with Crippen molar-refractivity contribution < 1.29 is 27.9 Å². The Bertz CT molecular complexity index is 1860. The van der Waals surface area contributed by atoms with Crippen molar-refractivity contribution in [2.75, 3.05) is 11.9 Å². The Balaban J connectivity index is 1.26. The molecule has 10 nitrogen and oxygen atoms in total. The smallest absolute Gasteiger partial charge is 0.256 e. The van der Waals surface area contributed by atoms with Crippen molar-refractivity contribution in [1.29, 1.82) is 0 Å². The number of aromatic amines is 1. The molecule has 3 heterocycles. The van der Waals surface area contributed by atoms with E-state index in [4.69, 9.17) is 23.2 Å². The standard InChI is InChI=1S/C32H32Cl2N4O6S/c1-16-21(13-30(40)38-14-19(39)10-29(38)32(42)36-18-6-7-18)17(2)35-28(16)12-23-22-11-20(8-9-27(22)37-31(23)41)45(43,44)15-24-25(33)4-3-5-26(24)34/h3-5,8-9,11-12,18-19,29,35,39H,6-7,10,13-15H2,1-2H3,(H,36,42)(H,37,41)/t19-,29+/m1/s1. The first-order valence-corrected chi connectivity index (χ1v) is 17.0. The number of aliphatic hydroxyl groups is 1. The number of aryl methyl sites for hydroxylation is 1. The average Bonchev–Trinajstić information content (AvgIpc) is 3.54. The highest BCUT2D eigenvalue weighted by atomic mass is 35.5. The molecule has 236 valence electrons. The Hall–Kier alpha value is -3.64. The maximum atomic E-state index is 13.4. The predicted octanol–water partition coefficient (Wildman–Crippen LogP) is 4.19. The zero-order valence-electron chi connectivity index (χ0n) is 24.6. The topological polar surface area (TPSA) is 149 Å². The third kappa shape index (κ3) is 6.27. The van der Waals surface area contributed by atoms with Gasteiger partial charge in [-0.05, 0) is 74.2 Å². The van der Waals surface area contributed by atoms with E-state index in [9.17, 15) is 27.9 Å². The van der Waals surface area contributed by atoms with Gasteiger partial charge in [0.1, 0.15) is 6.04 Å². The number of β-amino-alcohol motifs (C(OH)–C–C–N with tert-alkyl or cyclic N) is 1. The number of sulfone groups is 1. The second-order valence-corrected chi connectivity index (χ2v) is 14.7. The molecular formula is C32H32Cl2N4O6S. The molecule has 2 atom stereocenters. The molecule has 3 aromatic rings. The second kappa shape index (κ2) is 11.9. The van der Waals surface area contributed by atoms with E-state index >= 15 is 0 Å².